The molecule has 0 saturated carbocycles. The molecule has 3 rings (SSSR count). The number of nitrogens with two attached hydrogens (primary N) is 2. The summed E-state index contributed by atoms with van der Waals surface area (Å²) in [4.78, 5) is 26.2. The lowest BCUT2D eigenvalue weighted by Crippen LogP contribution is -2.46. The molecule has 1 aliphatic rings. The molecule has 5 nitrogen and oxygen atoms in total. The fourth-order valence-corrected chi connectivity index (χ4v) is 3.61. The van der Waals surface area contributed by atoms with Crippen LogP contribution in [-0.4, -0.2) is 22.8 Å². The van der Waals surface area contributed by atoms with Crippen molar-refractivity contribution in [3.63, 3.8) is 0 Å². The number of fused-ring (bicyclic) bond motifs is 1. The van der Waals surface area contributed by atoms with E-state index in [0.717, 1.165) is 16.7 Å². The van der Waals surface area contributed by atoms with Crippen molar-refractivity contribution in [1.82, 2.24) is 4.90 Å². The standard InChI is InChI=1S/C18H17Cl2N3O2/c19-12-6-5-10(14(20)8-12)7-15(21)18(25)23-9-11-3-1-2-4-13(11)16(23)17(22)24/h1-6,8,15-16H,7,9,21H2,(H2,22,24)/t15-,16?/m1/s1. The molecule has 7 heteroatoms. The van der Waals surface area contributed by atoms with E-state index >= 15 is 0 Å². The highest BCUT2D eigenvalue weighted by Gasteiger charge is 2.38. The lowest BCUT2D eigenvalue weighted by molar-refractivity contribution is -0.140. The average Bonchev–Trinajstić information content (AvgIpc) is 2.96. The summed E-state index contributed by atoms with van der Waals surface area (Å²) in [6.45, 7) is 0.310. The van der Waals surface area contributed by atoms with E-state index in [1.807, 2.05) is 18.2 Å². The zero-order valence-corrected chi connectivity index (χ0v) is 14.8. The summed E-state index contributed by atoms with van der Waals surface area (Å²) in [7, 11) is 0. The lowest BCUT2D eigenvalue weighted by atomic mass is 10.0. The third-order valence-corrected chi connectivity index (χ3v) is 4.91. The molecule has 1 heterocycles. The van der Waals surface area contributed by atoms with Gasteiger partial charge >= 0.3 is 0 Å². The molecule has 25 heavy (non-hydrogen) atoms. The van der Waals surface area contributed by atoms with E-state index in [1.54, 1.807) is 24.3 Å². The van der Waals surface area contributed by atoms with Crippen LogP contribution < -0.4 is 11.5 Å². The Morgan fingerprint density at radius 3 is 2.60 bits per heavy atom. The van der Waals surface area contributed by atoms with Gasteiger partial charge in [-0.25, -0.2) is 0 Å². The minimum atomic E-state index is -0.838. The second kappa shape index (κ2) is 7.04. The molecule has 0 aliphatic carbocycles. The van der Waals surface area contributed by atoms with E-state index in [0.29, 0.717) is 16.6 Å². The Morgan fingerprint density at radius 2 is 1.92 bits per heavy atom. The van der Waals surface area contributed by atoms with Gasteiger partial charge in [-0.1, -0.05) is 53.5 Å². The van der Waals surface area contributed by atoms with Crippen LogP contribution in [0.1, 0.15) is 22.7 Å². The van der Waals surface area contributed by atoms with Gasteiger partial charge in [0.2, 0.25) is 11.8 Å². The number of hydrogen-bond acceptors (Lipinski definition) is 3. The van der Waals surface area contributed by atoms with Crippen LogP contribution in [0.15, 0.2) is 42.5 Å². The molecular formula is C18H17Cl2N3O2. The Labute approximate surface area is 155 Å². The molecule has 4 N–H and O–H groups in total. The first kappa shape index (κ1) is 17.7. The van der Waals surface area contributed by atoms with Gasteiger partial charge in [0.05, 0.1) is 6.04 Å². The highest BCUT2D eigenvalue weighted by molar-refractivity contribution is 6.35. The first-order valence-electron chi connectivity index (χ1n) is 7.75. The molecule has 0 radical (unpaired) electrons. The van der Waals surface area contributed by atoms with Crippen LogP contribution in [0, 0.1) is 0 Å². The first-order valence-corrected chi connectivity index (χ1v) is 8.51. The Morgan fingerprint density at radius 1 is 1.20 bits per heavy atom. The van der Waals surface area contributed by atoms with Crippen molar-refractivity contribution < 1.29 is 9.59 Å². The molecule has 1 unspecified atom stereocenters. The Balaban J connectivity index is 1.81. The van der Waals surface area contributed by atoms with Crippen molar-refractivity contribution in [2.75, 3.05) is 0 Å². The summed E-state index contributed by atoms with van der Waals surface area (Å²) in [5.74, 6) is -0.916. The zero-order chi connectivity index (χ0) is 18.1. The number of primary amides is 1. The topological polar surface area (TPSA) is 89.4 Å². The van der Waals surface area contributed by atoms with Crippen molar-refractivity contribution in [2.45, 2.75) is 25.0 Å². The number of rotatable bonds is 4. The molecule has 0 fully saturated rings. The van der Waals surface area contributed by atoms with E-state index in [4.69, 9.17) is 34.7 Å². The Bertz CT molecular complexity index is 841. The molecule has 130 valence electrons. The SMILES string of the molecule is NC(=O)C1c2ccccc2CN1C(=O)[C@H](N)Cc1ccc(Cl)cc1Cl. The zero-order valence-electron chi connectivity index (χ0n) is 13.3. The van der Waals surface area contributed by atoms with E-state index in [9.17, 15) is 9.59 Å². The number of hydrogen-bond donors (Lipinski definition) is 2. The molecule has 1 aliphatic heterocycles. The largest absolute Gasteiger partial charge is 0.368 e. The molecular weight excluding hydrogens is 361 g/mol. The van der Waals surface area contributed by atoms with E-state index in [-0.39, 0.29) is 12.3 Å². The van der Waals surface area contributed by atoms with E-state index < -0.39 is 18.0 Å². The van der Waals surface area contributed by atoms with Gasteiger partial charge in [-0.3, -0.25) is 9.59 Å². The van der Waals surface area contributed by atoms with Crippen molar-refractivity contribution in [1.29, 1.82) is 0 Å². The first-order chi connectivity index (χ1) is 11.9. The fraction of sp³-hybridized carbons (Fsp3) is 0.222. The minimum Gasteiger partial charge on any atom is -0.368 e. The summed E-state index contributed by atoms with van der Waals surface area (Å²) < 4.78 is 0. The second-order valence-electron chi connectivity index (χ2n) is 6.02. The molecule has 2 atom stereocenters. The van der Waals surface area contributed by atoms with Crippen molar-refractivity contribution in [3.8, 4) is 0 Å². The quantitative estimate of drug-likeness (QED) is 0.856. The summed E-state index contributed by atoms with van der Waals surface area (Å²) in [6, 6.07) is 10.8. The molecule has 0 spiro atoms. The molecule has 2 aromatic carbocycles. The maximum absolute atomic E-state index is 12.8. The monoisotopic (exact) mass is 377 g/mol. The summed E-state index contributed by atoms with van der Waals surface area (Å²) in [5, 5.41) is 0.962. The maximum Gasteiger partial charge on any atom is 0.244 e. The van der Waals surface area contributed by atoms with Gasteiger partial charge in [0.15, 0.2) is 0 Å². The molecule has 2 amide bonds. The number of nitrogens with zero attached hydrogens (tertiary/aromatic N) is 1. The summed E-state index contributed by atoms with van der Waals surface area (Å²) >= 11 is 12.0. The van der Waals surface area contributed by atoms with Gasteiger partial charge in [0.25, 0.3) is 0 Å². The lowest BCUT2D eigenvalue weighted by Gasteiger charge is -2.26. The second-order valence-corrected chi connectivity index (χ2v) is 6.86. The summed E-state index contributed by atoms with van der Waals surface area (Å²) in [6.07, 6.45) is 0.243. The minimum absolute atomic E-state index is 0.243. The molecule has 2 aromatic rings. The number of carbonyl (C=O) groups excluding carboxylic acids is 2. The van der Waals surface area contributed by atoms with E-state index in [2.05, 4.69) is 0 Å². The van der Waals surface area contributed by atoms with Crippen LogP contribution in [0.4, 0.5) is 0 Å². The maximum atomic E-state index is 12.8. The molecule has 0 saturated heterocycles. The highest BCUT2D eigenvalue weighted by atomic mass is 35.5. The van der Waals surface area contributed by atoms with Crippen molar-refractivity contribution in [2.24, 2.45) is 11.5 Å². The fourth-order valence-electron chi connectivity index (χ4n) is 3.12. The van der Waals surface area contributed by atoms with Crippen LogP contribution >= 0.6 is 23.2 Å². The number of benzene rings is 2. The van der Waals surface area contributed by atoms with Gasteiger partial charge in [0.1, 0.15) is 6.04 Å². The highest BCUT2D eigenvalue weighted by Crippen LogP contribution is 2.34. The molecule has 0 aromatic heterocycles. The Kier molecular flexibility index (Phi) is 4.99. The van der Waals surface area contributed by atoms with Gasteiger partial charge in [0, 0.05) is 16.6 Å². The van der Waals surface area contributed by atoms with Gasteiger partial charge in [-0.05, 0) is 35.2 Å². The normalized spacial score (nSPS) is 17.2. The number of carbonyl (C=O) groups is 2. The smallest absolute Gasteiger partial charge is 0.244 e. The van der Waals surface area contributed by atoms with Crippen molar-refractivity contribution in [3.05, 3.63) is 69.2 Å². The molecule has 0 bridgehead atoms. The summed E-state index contributed by atoms with van der Waals surface area (Å²) in [5.41, 5.74) is 14.0. The van der Waals surface area contributed by atoms with Crippen LogP contribution in [0.25, 0.3) is 0 Å². The number of halogens is 2. The van der Waals surface area contributed by atoms with Gasteiger partial charge < -0.3 is 16.4 Å². The predicted molar refractivity (Wildman–Crippen MR) is 97.1 cm³/mol. The Hall–Kier alpha value is -2.08. The number of amides is 2. The van der Waals surface area contributed by atoms with E-state index in [1.165, 1.54) is 4.90 Å². The third-order valence-electron chi connectivity index (χ3n) is 4.33. The van der Waals surface area contributed by atoms with Crippen LogP contribution in [-0.2, 0) is 22.6 Å². The predicted octanol–water partition coefficient (Wildman–Crippen LogP) is 2.43. The third kappa shape index (κ3) is 3.49. The average molecular weight is 378 g/mol. The van der Waals surface area contributed by atoms with Crippen LogP contribution in [0.3, 0.4) is 0 Å². The van der Waals surface area contributed by atoms with Gasteiger partial charge in [-0.2, -0.15) is 0 Å². The van der Waals surface area contributed by atoms with Crippen LogP contribution in [0.2, 0.25) is 10.0 Å². The van der Waals surface area contributed by atoms with Crippen LogP contribution in [0.5, 0.6) is 0 Å². The van der Waals surface area contributed by atoms with Crippen molar-refractivity contribution >= 4 is 35.0 Å². The van der Waals surface area contributed by atoms with Gasteiger partial charge in [-0.15, -0.1) is 0 Å².